The molecule has 5 aromatic rings. The van der Waals surface area contributed by atoms with Crippen molar-refractivity contribution in [3.63, 3.8) is 0 Å². The van der Waals surface area contributed by atoms with Crippen molar-refractivity contribution in [1.82, 2.24) is 0 Å². The van der Waals surface area contributed by atoms with Crippen LogP contribution in [0.3, 0.4) is 0 Å². The van der Waals surface area contributed by atoms with Gasteiger partial charge in [-0.1, -0.05) is 80.6 Å². The van der Waals surface area contributed by atoms with Crippen LogP contribution in [0.2, 0.25) is 0 Å². The van der Waals surface area contributed by atoms with Gasteiger partial charge in [-0.2, -0.15) is 13.2 Å². The van der Waals surface area contributed by atoms with E-state index in [1.54, 1.807) is 42.5 Å². The van der Waals surface area contributed by atoms with Gasteiger partial charge in [-0.15, -0.1) is 0 Å². The number of esters is 1. The van der Waals surface area contributed by atoms with Crippen LogP contribution >= 0.6 is 0 Å². The van der Waals surface area contributed by atoms with E-state index in [0.717, 1.165) is 17.2 Å². The third-order valence-corrected chi connectivity index (χ3v) is 6.41. The van der Waals surface area contributed by atoms with Crippen molar-refractivity contribution in [3.05, 3.63) is 118 Å². The Bertz CT molecular complexity index is 1770. The summed E-state index contributed by atoms with van der Waals surface area (Å²) in [7, 11) is 0. The summed E-state index contributed by atoms with van der Waals surface area (Å²) in [6.45, 7) is 4.16. The highest BCUT2D eigenvalue weighted by atomic mass is 19.4. The molecule has 0 spiro atoms. The molecule has 39 heavy (non-hydrogen) atoms. The monoisotopic (exact) mass is 528 g/mol. The van der Waals surface area contributed by atoms with Crippen molar-refractivity contribution in [1.29, 1.82) is 0 Å². The van der Waals surface area contributed by atoms with E-state index in [1.165, 1.54) is 24.3 Å². The van der Waals surface area contributed by atoms with Gasteiger partial charge in [0, 0.05) is 12.1 Å². The molecule has 5 rings (SSSR count). The van der Waals surface area contributed by atoms with Gasteiger partial charge in [-0.25, -0.2) is 4.79 Å². The quantitative estimate of drug-likeness (QED) is 0.131. The normalized spacial score (nSPS) is 12.1. The summed E-state index contributed by atoms with van der Waals surface area (Å²) in [6.07, 6.45) is -2.15. The summed E-state index contributed by atoms with van der Waals surface area (Å²) in [5.41, 5.74) is 0.337. The fourth-order valence-electron chi connectivity index (χ4n) is 4.43. The molecule has 0 fully saturated rings. The van der Waals surface area contributed by atoms with Crippen LogP contribution in [0, 0.1) is 0 Å². The Morgan fingerprint density at radius 3 is 2.33 bits per heavy atom. The maximum absolute atomic E-state index is 14.2. The number of fused-ring (bicyclic) bond motifs is 2. The van der Waals surface area contributed by atoms with Gasteiger partial charge in [0.1, 0.15) is 11.3 Å². The van der Waals surface area contributed by atoms with Gasteiger partial charge in [-0.05, 0) is 51.6 Å². The lowest BCUT2D eigenvalue weighted by atomic mass is 9.96. The molecule has 0 saturated carbocycles. The summed E-state index contributed by atoms with van der Waals surface area (Å²) >= 11 is 0. The molecule has 4 nitrogen and oxygen atoms in total. The number of carbonyl (C=O) groups excluding carboxylic acids is 1. The minimum absolute atomic E-state index is 0.0542. The van der Waals surface area contributed by atoms with Gasteiger partial charge in [-0.3, -0.25) is 4.79 Å². The number of carbonyl (C=O) groups is 1. The number of ether oxygens (including phenoxy) is 1. The Labute approximate surface area is 222 Å². The van der Waals surface area contributed by atoms with Crippen molar-refractivity contribution in [2.24, 2.45) is 0 Å². The second kappa shape index (κ2) is 10.3. The van der Waals surface area contributed by atoms with E-state index in [0.29, 0.717) is 16.7 Å². The standard InChI is InChI=1S/C32H23F3O4/c1-19(2)21-13-10-20(11-14-21)12-17-28(36)38-23-15-16-26-27(18-23)39-31(32(33,34)35)29(30(26)37)25-9-5-7-22-6-3-4-8-24(22)25/h3-19H,1-2H3/b17-12+. The second-order valence-electron chi connectivity index (χ2n) is 9.39. The summed E-state index contributed by atoms with van der Waals surface area (Å²) in [4.78, 5) is 25.8. The Balaban J connectivity index is 1.51. The molecule has 0 unspecified atom stereocenters. The average molecular weight is 529 g/mol. The van der Waals surface area contributed by atoms with Crippen LogP contribution in [0.25, 0.3) is 38.9 Å². The largest absolute Gasteiger partial charge is 0.450 e. The zero-order valence-electron chi connectivity index (χ0n) is 21.1. The third-order valence-electron chi connectivity index (χ3n) is 6.41. The molecule has 0 bridgehead atoms. The molecule has 1 heterocycles. The van der Waals surface area contributed by atoms with Gasteiger partial charge < -0.3 is 9.15 Å². The number of hydrogen-bond acceptors (Lipinski definition) is 4. The highest BCUT2D eigenvalue weighted by Crippen LogP contribution is 2.39. The molecular formula is C32H23F3O4. The minimum atomic E-state index is -4.94. The molecule has 0 N–H and O–H groups in total. The van der Waals surface area contributed by atoms with Gasteiger partial charge in [0.25, 0.3) is 0 Å². The zero-order valence-corrected chi connectivity index (χ0v) is 21.1. The first-order valence-electron chi connectivity index (χ1n) is 12.3. The third kappa shape index (κ3) is 5.34. The first kappa shape index (κ1) is 26.0. The molecule has 0 saturated heterocycles. The number of rotatable bonds is 5. The minimum Gasteiger partial charge on any atom is -0.450 e. The Morgan fingerprint density at radius 2 is 1.62 bits per heavy atom. The molecule has 0 radical (unpaired) electrons. The molecule has 0 aliphatic heterocycles. The summed E-state index contributed by atoms with van der Waals surface area (Å²) in [5, 5.41) is 1.12. The fraction of sp³-hybridized carbons (Fsp3) is 0.125. The van der Waals surface area contributed by atoms with E-state index in [-0.39, 0.29) is 22.3 Å². The van der Waals surface area contributed by atoms with Crippen LogP contribution in [0.1, 0.15) is 36.7 Å². The van der Waals surface area contributed by atoms with E-state index in [4.69, 9.17) is 9.15 Å². The molecule has 0 aliphatic carbocycles. The van der Waals surface area contributed by atoms with E-state index in [2.05, 4.69) is 13.8 Å². The van der Waals surface area contributed by atoms with Crippen LogP contribution < -0.4 is 10.2 Å². The van der Waals surface area contributed by atoms with Crippen LogP contribution in [0.15, 0.2) is 100 Å². The first-order chi connectivity index (χ1) is 18.6. The predicted molar refractivity (Wildman–Crippen MR) is 146 cm³/mol. The van der Waals surface area contributed by atoms with E-state index in [9.17, 15) is 22.8 Å². The fourth-order valence-corrected chi connectivity index (χ4v) is 4.43. The Kier molecular flexibility index (Phi) is 6.83. The smallest absolute Gasteiger partial charge is 0.450 e. The molecule has 0 atom stereocenters. The number of alkyl halides is 3. The molecule has 0 amide bonds. The van der Waals surface area contributed by atoms with Crippen molar-refractivity contribution >= 4 is 33.8 Å². The lowest BCUT2D eigenvalue weighted by molar-refractivity contribution is -0.152. The van der Waals surface area contributed by atoms with Gasteiger partial charge in [0.15, 0.2) is 0 Å². The summed E-state index contributed by atoms with van der Waals surface area (Å²) < 4.78 is 53.0. The molecule has 196 valence electrons. The van der Waals surface area contributed by atoms with Crippen LogP contribution in [-0.2, 0) is 11.0 Å². The lowest BCUT2D eigenvalue weighted by Gasteiger charge is -2.14. The number of halogens is 3. The summed E-state index contributed by atoms with van der Waals surface area (Å²) in [5.74, 6) is -1.82. The molecule has 1 aromatic heterocycles. The maximum atomic E-state index is 14.2. The zero-order chi connectivity index (χ0) is 27.7. The molecule has 4 aromatic carbocycles. The lowest BCUT2D eigenvalue weighted by Crippen LogP contribution is -2.16. The second-order valence-corrected chi connectivity index (χ2v) is 9.39. The number of benzene rings is 4. The van der Waals surface area contributed by atoms with Crippen molar-refractivity contribution < 1.29 is 27.1 Å². The van der Waals surface area contributed by atoms with Crippen molar-refractivity contribution in [3.8, 4) is 16.9 Å². The maximum Gasteiger partial charge on any atom is 0.450 e. The summed E-state index contributed by atoms with van der Waals surface area (Å²) in [6, 6.07) is 23.1. The first-order valence-corrected chi connectivity index (χ1v) is 12.3. The van der Waals surface area contributed by atoms with Crippen molar-refractivity contribution in [2.75, 3.05) is 0 Å². The van der Waals surface area contributed by atoms with Crippen LogP contribution in [0.4, 0.5) is 13.2 Å². The Hall–Kier alpha value is -4.65. The Morgan fingerprint density at radius 1 is 0.897 bits per heavy atom. The average Bonchev–Trinajstić information content (AvgIpc) is 2.91. The number of hydrogen-bond donors (Lipinski definition) is 0. The van der Waals surface area contributed by atoms with Gasteiger partial charge >= 0.3 is 12.1 Å². The molecular weight excluding hydrogens is 505 g/mol. The highest BCUT2D eigenvalue weighted by Gasteiger charge is 2.39. The molecule has 0 aliphatic rings. The topological polar surface area (TPSA) is 56.5 Å². The highest BCUT2D eigenvalue weighted by molar-refractivity contribution is 5.99. The van der Waals surface area contributed by atoms with E-state index >= 15 is 0 Å². The van der Waals surface area contributed by atoms with Gasteiger partial charge in [0.2, 0.25) is 11.2 Å². The predicted octanol–water partition coefficient (Wildman–Crippen LogP) is 8.37. The van der Waals surface area contributed by atoms with E-state index in [1.807, 2.05) is 24.3 Å². The molecule has 7 heteroatoms. The van der Waals surface area contributed by atoms with Gasteiger partial charge in [0.05, 0.1) is 10.9 Å². The van der Waals surface area contributed by atoms with E-state index < -0.39 is 28.9 Å². The van der Waals surface area contributed by atoms with Crippen LogP contribution in [0.5, 0.6) is 5.75 Å². The van der Waals surface area contributed by atoms with Crippen LogP contribution in [-0.4, -0.2) is 5.97 Å². The van der Waals surface area contributed by atoms with Crippen molar-refractivity contribution in [2.45, 2.75) is 25.9 Å². The SMILES string of the molecule is CC(C)c1ccc(/C=C/C(=O)Oc2ccc3c(=O)c(-c4cccc5ccccc45)c(C(F)(F)F)oc3c2)cc1.